The summed E-state index contributed by atoms with van der Waals surface area (Å²) in [6, 6.07) is 4.61. The third-order valence-electron chi connectivity index (χ3n) is 4.90. The molecule has 0 saturated carbocycles. The average Bonchev–Trinajstić information content (AvgIpc) is 3.20. The van der Waals surface area contributed by atoms with E-state index in [9.17, 15) is 18.0 Å². The SMILES string of the molecule is CCn1cc(S(=O)(=O)N2C[C@H](CNC(C)=O)Oc3ccc(NC(=O)OC(C)(C)C)cc32)c(OC)n1. The van der Waals surface area contributed by atoms with Crippen molar-refractivity contribution < 1.29 is 32.2 Å². The van der Waals surface area contributed by atoms with Gasteiger partial charge in [-0.05, 0) is 45.9 Å². The van der Waals surface area contributed by atoms with Crippen LogP contribution in [0.4, 0.5) is 16.2 Å². The first-order chi connectivity index (χ1) is 16.3. The Bertz CT molecular complexity index is 1200. The van der Waals surface area contributed by atoms with Gasteiger partial charge in [0.2, 0.25) is 5.91 Å². The predicted octanol–water partition coefficient (Wildman–Crippen LogP) is 2.35. The summed E-state index contributed by atoms with van der Waals surface area (Å²) in [5.74, 6) is -0.0373. The maximum Gasteiger partial charge on any atom is 0.412 e. The number of sulfonamides is 1. The van der Waals surface area contributed by atoms with Gasteiger partial charge in [-0.25, -0.2) is 13.2 Å². The zero-order valence-corrected chi connectivity index (χ0v) is 21.4. The van der Waals surface area contributed by atoms with Crippen molar-refractivity contribution in [1.82, 2.24) is 15.1 Å². The molecule has 12 nitrogen and oxygen atoms in total. The summed E-state index contributed by atoms with van der Waals surface area (Å²) in [6.07, 6.45) is 0.0608. The number of hydrogen-bond donors (Lipinski definition) is 2. The minimum absolute atomic E-state index is 0.0404. The summed E-state index contributed by atoms with van der Waals surface area (Å²) < 4.78 is 46.7. The lowest BCUT2D eigenvalue weighted by molar-refractivity contribution is -0.119. The van der Waals surface area contributed by atoms with Crippen molar-refractivity contribution in [3.63, 3.8) is 0 Å². The Labute approximate surface area is 204 Å². The lowest BCUT2D eigenvalue weighted by Gasteiger charge is -2.35. The molecule has 2 amide bonds. The number of carbonyl (C=O) groups excluding carboxylic acids is 2. The molecule has 192 valence electrons. The number of aromatic nitrogens is 2. The minimum Gasteiger partial charge on any atom is -0.484 e. The Morgan fingerprint density at radius 1 is 1.29 bits per heavy atom. The number of nitrogens with zero attached hydrogens (tertiary/aromatic N) is 3. The molecule has 1 aromatic heterocycles. The molecule has 1 aliphatic rings. The van der Waals surface area contributed by atoms with Gasteiger partial charge in [0.15, 0.2) is 4.90 Å². The topological polar surface area (TPSA) is 141 Å². The lowest BCUT2D eigenvalue weighted by Crippen LogP contribution is -2.48. The van der Waals surface area contributed by atoms with Gasteiger partial charge in [0.25, 0.3) is 15.9 Å². The van der Waals surface area contributed by atoms with Crippen LogP contribution in [0.15, 0.2) is 29.3 Å². The number of fused-ring (bicyclic) bond motifs is 1. The fourth-order valence-corrected chi connectivity index (χ4v) is 4.99. The highest BCUT2D eigenvalue weighted by molar-refractivity contribution is 7.93. The molecule has 13 heteroatoms. The van der Waals surface area contributed by atoms with E-state index in [2.05, 4.69) is 15.7 Å². The lowest BCUT2D eigenvalue weighted by atomic mass is 10.2. The van der Waals surface area contributed by atoms with E-state index in [0.717, 1.165) is 4.31 Å². The Kier molecular flexibility index (Phi) is 7.48. The quantitative estimate of drug-likeness (QED) is 0.579. The summed E-state index contributed by atoms with van der Waals surface area (Å²) in [5.41, 5.74) is -0.175. The highest BCUT2D eigenvalue weighted by atomic mass is 32.2. The van der Waals surface area contributed by atoms with E-state index in [1.807, 2.05) is 6.92 Å². The molecule has 0 saturated heterocycles. The van der Waals surface area contributed by atoms with E-state index < -0.39 is 27.8 Å². The third-order valence-corrected chi connectivity index (χ3v) is 6.66. The number of methoxy groups -OCH3 is 1. The Morgan fingerprint density at radius 3 is 2.60 bits per heavy atom. The van der Waals surface area contributed by atoms with E-state index in [0.29, 0.717) is 12.2 Å². The van der Waals surface area contributed by atoms with Crippen molar-refractivity contribution in [1.29, 1.82) is 0 Å². The van der Waals surface area contributed by atoms with Crippen LogP contribution in [0.5, 0.6) is 11.6 Å². The summed E-state index contributed by atoms with van der Waals surface area (Å²) in [6.45, 7) is 8.85. The molecule has 0 aliphatic carbocycles. The van der Waals surface area contributed by atoms with Crippen LogP contribution < -0.4 is 24.4 Å². The van der Waals surface area contributed by atoms with Crippen LogP contribution in [0.25, 0.3) is 0 Å². The van der Waals surface area contributed by atoms with Gasteiger partial charge < -0.3 is 19.5 Å². The van der Waals surface area contributed by atoms with Crippen LogP contribution in [0.1, 0.15) is 34.6 Å². The van der Waals surface area contributed by atoms with Crippen molar-refractivity contribution >= 4 is 33.4 Å². The maximum atomic E-state index is 13.8. The molecule has 1 aromatic carbocycles. The van der Waals surface area contributed by atoms with Crippen molar-refractivity contribution in [3.05, 3.63) is 24.4 Å². The van der Waals surface area contributed by atoms with Crippen molar-refractivity contribution in [2.45, 2.75) is 57.8 Å². The summed E-state index contributed by atoms with van der Waals surface area (Å²) >= 11 is 0. The molecular weight excluding hydrogens is 478 g/mol. The summed E-state index contributed by atoms with van der Waals surface area (Å²) in [5, 5.41) is 9.42. The number of anilines is 2. The first kappa shape index (κ1) is 26.1. The van der Waals surface area contributed by atoms with Crippen LogP contribution in [0.2, 0.25) is 0 Å². The van der Waals surface area contributed by atoms with E-state index in [4.69, 9.17) is 14.2 Å². The van der Waals surface area contributed by atoms with Crippen LogP contribution in [-0.2, 0) is 26.1 Å². The number of nitrogens with one attached hydrogen (secondary N) is 2. The van der Waals surface area contributed by atoms with Crippen LogP contribution in [0, 0.1) is 0 Å². The monoisotopic (exact) mass is 509 g/mol. The summed E-state index contributed by atoms with van der Waals surface area (Å²) in [4.78, 5) is 23.6. The van der Waals surface area contributed by atoms with Gasteiger partial charge in [-0.2, -0.15) is 0 Å². The molecule has 1 aliphatic heterocycles. The van der Waals surface area contributed by atoms with Crippen LogP contribution in [0.3, 0.4) is 0 Å². The van der Waals surface area contributed by atoms with Gasteiger partial charge in [0, 0.05) is 25.4 Å². The second kappa shape index (κ2) is 10.0. The van der Waals surface area contributed by atoms with Crippen LogP contribution in [-0.4, -0.2) is 62.1 Å². The van der Waals surface area contributed by atoms with Gasteiger partial charge in [-0.15, -0.1) is 5.10 Å². The molecule has 35 heavy (non-hydrogen) atoms. The number of benzene rings is 1. The average molecular weight is 510 g/mol. The highest BCUT2D eigenvalue weighted by Gasteiger charge is 2.38. The van der Waals surface area contributed by atoms with E-state index in [1.54, 1.807) is 32.9 Å². The normalized spacial score (nSPS) is 15.6. The Morgan fingerprint density at radius 2 is 2.00 bits per heavy atom. The largest absolute Gasteiger partial charge is 0.484 e. The molecule has 2 heterocycles. The smallest absolute Gasteiger partial charge is 0.412 e. The predicted molar refractivity (Wildman–Crippen MR) is 128 cm³/mol. The number of carbonyl (C=O) groups is 2. The zero-order chi connectivity index (χ0) is 26.0. The molecule has 0 spiro atoms. The number of ether oxygens (including phenoxy) is 3. The second-order valence-electron chi connectivity index (χ2n) is 8.88. The van der Waals surface area contributed by atoms with E-state index >= 15 is 0 Å². The van der Waals surface area contributed by atoms with Crippen molar-refractivity contribution in [2.75, 3.05) is 29.8 Å². The van der Waals surface area contributed by atoms with Gasteiger partial charge in [0.1, 0.15) is 17.5 Å². The third kappa shape index (κ3) is 6.15. The van der Waals surface area contributed by atoms with E-state index in [1.165, 1.54) is 31.0 Å². The van der Waals surface area contributed by atoms with Crippen molar-refractivity contribution in [3.8, 4) is 11.6 Å². The summed E-state index contributed by atoms with van der Waals surface area (Å²) in [7, 11) is -2.82. The van der Waals surface area contributed by atoms with Gasteiger partial charge in [0.05, 0.1) is 25.9 Å². The zero-order valence-electron chi connectivity index (χ0n) is 20.6. The highest BCUT2D eigenvalue weighted by Crippen LogP contribution is 2.40. The van der Waals surface area contributed by atoms with Gasteiger partial charge in [-0.3, -0.25) is 19.1 Å². The first-order valence-electron chi connectivity index (χ1n) is 11.0. The second-order valence-corrected chi connectivity index (χ2v) is 10.7. The molecule has 2 N–H and O–H groups in total. The fourth-order valence-electron chi connectivity index (χ4n) is 3.39. The number of amides is 2. The van der Waals surface area contributed by atoms with Crippen molar-refractivity contribution in [2.24, 2.45) is 0 Å². The molecule has 1 atom stereocenters. The standard InChI is InChI=1S/C22H31N5O7S/c1-7-26-13-19(20(25-26)32-6)35(30,31)27-12-16(11-23-14(2)28)33-18-9-8-15(10-17(18)27)24-21(29)34-22(3,4)5/h8-10,13,16H,7,11-12H2,1-6H3,(H,23,28)(H,24,29)/t16-/m0/s1. The molecule has 0 radical (unpaired) electrons. The van der Waals surface area contributed by atoms with E-state index in [-0.39, 0.29) is 41.2 Å². The van der Waals surface area contributed by atoms with Gasteiger partial charge in [-0.1, -0.05) is 0 Å². The molecule has 3 rings (SSSR count). The molecule has 0 bridgehead atoms. The Hall–Kier alpha value is -3.48. The molecule has 0 unspecified atom stereocenters. The number of aryl methyl sites for hydroxylation is 1. The van der Waals surface area contributed by atoms with Crippen LogP contribution >= 0.6 is 0 Å². The number of hydrogen-bond acceptors (Lipinski definition) is 8. The fraction of sp³-hybridized carbons (Fsp3) is 0.500. The Balaban J connectivity index is 2.03. The number of rotatable bonds is 7. The first-order valence-corrected chi connectivity index (χ1v) is 12.5. The maximum absolute atomic E-state index is 13.8. The molecule has 2 aromatic rings. The van der Waals surface area contributed by atoms with Gasteiger partial charge >= 0.3 is 6.09 Å². The molecular formula is C22H31N5O7S. The minimum atomic E-state index is -4.16. The molecule has 0 fully saturated rings.